The van der Waals surface area contributed by atoms with Crippen molar-refractivity contribution in [2.45, 2.75) is 6.17 Å². The van der Waals surface area contributed by atoms with E-state index in [1.807, 2.05) is 4.90 Å². The van der Waals surface area contributed by atoms with Crippen LogP contribution in [-0.2, 0) is 0 Å². The van der Waals surface area contributed by atoms with Crippen molar-refractivity contribution >= 4 is 0 Å². The van der Waals surface area contributed by atoms with Crippen molar-refractivity contribution in [1.29, 1.82) is 0 Å². The first-order valence-corrected chi connectivity index (χ1v) is 4.96. The fourth-order valence-electron chi connectivity index (χ4n) is 1.96. The number of likely N-dealkylation sites (tertiary alicyclic amines) is 1. The molecule has 5 heteroatoms. The zero-order chi connectivity index (χ0) is 11.9. The Morgan fingerprint density at radius 3 is 2.44 bits per heavy atom. The van der Waals surface area contributed by atoms with Crippen LogP contribution in [-0.4, -0.2) is 25.0 Å². The SMILES string of the molecule is CN1CC(C(F)c2cc(F)cc(F)c2F)C1. The summed E-state index contributed by atoms with van der Waals surface area (Å²) in [4.78, 5) is 1.85. The zero-order valence-corrected chi connectivity index (χ0v) is 8.68. The van der Waals surface area contributed by atoms with Crippen LogP contribution in [0.1, 0.15) is 11.7 Å². The molecule has 1 unspecified atom stereocenters. The molecule has 16 heavy (non-hydrogen) atoms. The first-order valence-electron chi connectivity index (χ1n) is 4.96. The van der Waals surface area contributed by atoms with Gasteiger partial charge in [0.2, 0.25) is 0 Å². The molecule has 0 bridgehead atoms. The second kappa shape index (κ2) is 4.05. The lowest BCUT2D eigenvalue weighted by atomic mass is 9.90. The predicted molar refractivity (Wildman–Crippen MR) is 51.2 cm³/mol. The molecule has 0 saturated carbocycles. The van der Waals surface area contributed by atoms with E-state index < -0.39 is 29.2 Å². The highest BCUT2D eigenvalue weighted by Gasteiger charge is 2.34. The first-order chi connectivity index (χ1) is 7.49. The summed E-state index contributed by atoms with van der Waals surface area (Å²) in [6.45, 7) is 0.942. The Kier molecular flexibility index (Phi) is 2.88. The molecule has 1 fully saturated rings. The highest BCUT2D eigenvalue weighted by atomic mass is 19.2. The topological polar surface area (TPSA) is 3.24 Å². The summed E-state index contributed by atoms with van der Waals surface area (Å²) in [6.07, 6.45) is -1.65. The van der Waals surface area contributed by atoms with Gasteiger partial charge in [0.25, 0.3) is 0 Å². The van der Waals surface area contributed by atoms with Crippen molar-refractivity contribution in [2.75, 3.05) is 20.1 Å². The van der Waals surface area contributed by atoms with Crippen molar-refractivity contribution in [2.24, 2.45) is 5.92 Å². The normalized spacial score (nSPS) is 19.6. The van der Waals surface area contributed by atoms with Gasteiger partial charge in [0.05, 0.1) is 0 Å². The molecular weight excluding hydrogens is 222 g/mol. The number of hydrogen-bond acceptors (Lipinski definition) is 1. The monoisotopic (exact) mass is 233 g/mol. The number of rotatable bonds is 2. The maximum absolute atomic E-state index is 13.8. The Morgan fingerprint density at radius 2 is 1.88 bits per heavy atom. The first kappa shape index (κ1) is 11.4. The average molecular weight is 233 g/mol. The number of hydrogen-bond donors (Lipinski definition) is 0. The minimum atomic E-state index is -1.65. The molecule has 0 spiro atoms. The third-order valence-corrected chi connectivity index (χ3v) is 2.82. The molecule has 1 saturated heterocycles. The second-order valence-corrected chi connectivity index (χ2v) is 4.17. The van der Waals surface area contributed by atoms with Gasteiger partial charge in [-0.3, -0.25) is 0 Å². The number of nitrogens with zero attached hydrogens (tertiary/aromatic N) is 1. The molecule has 0 aliphatic carbocycles. The van der Waals surface area contributed by atoms with E-state index in [-0.39, 0.29) is 5.92 Å². The lowest BCUT2D eigenvalue weighted by Crippen LogP contribution is -2.45. The smallest absolute Gasteiger partial charge is 0.165 e. The van der Waals surface area contributed by atoms with E-state index >= 15 is 0 Å². The van der Waals surface area contributed by atoms with Gasteiger partial charge < -0.3 is 4.90 Å². The van der Waals surface area contributed by atoms with Gasteiger partial charge in [0.15, 0.2) is 11.6 Å². The largest absolute Gasteiger partial charge is 0.305 e. The summed E-state index contributed by atoms with van der Waals surface area (Å²) in [5.41, 5.74) is -0.518. The Bertz CT molecular complexity index is 401. The Hall–Kier alpha value is -1.10. The minimum absolute atomic E-state index is 0.388. The summed E-state index contributed by atoms with van der Waals surface area (Å²) < 4.78 is 52.7. The van der Waals surface area contributed by atoms with Crippen molar-refractivity contribution < 1.29 is 17.6 Å². The van der Waals surface area contributed by atoms with Gasteiger partial charge in [-0.25, -0.2) is 17.6 Å². The van der Waals surface area contributed by atoms with E-state index in [4.69, 9.17) is 0 Å². The van der Waals surface area contributed by atoms with Gasteiger partial charge in [-0.1, -0.05) is 0 Å². The molecule has 1 aliphatic rings. The van der Waals surface area contributed by atoms with Crippen LogP contribution in [0.2, 0.25) is 0 Å². The van der Waals surface area contributed by atoms with Crippen LogP contribution in [0, 0.1) is 23.4 Å². The Balaban J connectivity index is 2.26. The van der Waals surface area contributed by atoms with E-state index in [0.29, 0.717) is 19.2 Å². The molecule has 2 rings (SSSR count). The summed E-state index contributed by atoms with van der Waals surface area (Å²) in [5, 5.41) is 0. The van der Waals surface area contributed by atoms with Crippen LogP contribution in [0.4, 0.5) is 17.6 Å². The molecule has 88 valence electrons. The summed E-state index contributed by atoms with van der Waals surface area (Å²) >= 11 is 0. The van der Waals surface area contributed by atoms with Crippen LogP contribution < -0.4 is 0 Å². The van der Waals surface area contributed by atoms with Gasteiger partial charge in [-0.05, 0) is 13.1 Å². The third kappa shape index (κ3) is 1.91. The number of benzene rings is 1. The average Bonchev–Trinajstić information content (AvgIpc) is 2.18. The highest BCUT2D eigenvalue weighted by molar-refractivity contribution is 5.23. The van der Waals surface area contributed by atoms with Crippen LogP contribution in [0.15, 0.2) is 12.1 Å². The van der Waals surface area contributed by atoms with Gasteiger partial charge >= 0.3 is 0 Å². The van der Waals surface area contributed by atoms with E-state index in [9.17, 15) is 17.6 Å². The summed E-state index contributed by atoms with van der Waals surface area (Å²) in [5.74, 6) is -3.97. The maximum Gasteiger partial charge on any atom is 0.165 e. The molecule has 1 aromatic rings. The van der Waals surface area contributed by atoms with Gasteiger partial charge in [0, 0.05) is 30.6 Å². The van der Waals surface area contributed by atoms with Gasteiger partial charge in [-0.2, -0.15) is 0 Å². The second-order valence-electron chi connectivity index (χ2n) is 4.17. The van der Waals surface area contributed by atoms with E-state index in [1.54, 1.807) is 7.05 Å². The number of alkyl halides is 1. The third-order valence-electron chi connectivity index (χ3n) is 2.82. The fourth-order valence-corrected chi connectivity index (χ4v) is 1.96. The fraction of sp³-hybridized carbons (Fsp3) is 0.455. The Morgan fingerprint density at radius 1 is 1.25 bits per heavy atom. The molecule has 0 amide bonds. The van der Waals surface area contributed by atoms with E-state index in [0.717, 1.165) is 6.07 Å². The highest BCUT2D eigenvalue weighted by Crippen LogP contribution is 2.34. The quantitative estimate of drug-likeness (QED) is 0.560. The molecule has 1 aromatic carbocycles. The molecule has 1 atom stereocenters. The van der Waals surface area contributed by atoms with Crippen LogP contribution >= 0.6 is 0 Å². The minimum Gasteiger partial charge on any atom is -0.305 e. The van der Waals surface area contributed by atoms with E-state index in [1.165, 1.54) is 0 Å². The van der Waals surface area contributed by atoms with E-state index in [2.05, 4.69) is 0 Å². The van der Waals surface area contributed by atoms with Crippen molar-refractivity contribution in [3.05, 3.63) is 35.1 Å². The summed E-state index contributed by atoms with van der Waals surface area (Å²) in [6, 6.07) is 1.14. The molecular formula is C11H11F4N. The number of halogens is 4. The Labute approximate surface area is 90.7 Å². The van der Waals surface area contributed by atoms with Gasteiger partial charge in [0.1, 0.15) is 12.0 Å². The van der Waals surface area contributed by atoms with Crippen molar-refractivity contribution in [3.8, 4) is 0 Å². The van der Waals surface area contributed by atoms with Crippen molar-refractivity contribution in [1.82, 2.24) is 4.90 Å². The molecule has 1 aliphatic heterocycles. The lowest BCUT2D eigenvalue weighted by Gasteiger charge is -2.38. The molecule has 0 aromatic heterocycles. The zero-order valence-electron chi connectivity index (χ0n) is 8.68. The molecule has 0 radical (unpaired) electrons. The predicted octanol–water partition coefficient (Wildman–Crippen LogP) is 2.68. The summed E-state index contributed by atoms with van der Waals surface area (Å²) in [7, 11) is 1.80. The van der Waals surface area contributed by atoms with Crippen LogP contribution in [0.25, 0.3) is 0 Å². The van der Waals surface area contributed by atoms with Crippen molar-refractivity contribution in [3.63, 3.8) is 0 Å². The van der Waals surface area contributed by atoms with Crippen LogP contribution in [0.5, 0.6) is 0 Å². The van der Waals surface area contributed by atoms with Gasteiger partial charge in [-0.15, -0.1) is 0 Å². The maximum atomic E-state index is 13.8. The van der Waals surface area contributed by atoms with Crippen LogP contribution in [0.3, 0.4) is 0 Å². The molecule has 1 heterocycles. The molecule has 0 N–H and O–H groups in total. The molecule has 1 nitrogen and oxygen atoms in total. The standard InChI is InChI=1S/C11H11F4N/c1-16-4-6(5-16)10(14)8-2-7(12)3-9(13)11(8)15/h2-3,6,10H,4-5H2,1H3. The lowest BCUT2D eigenvalue weighted by molar-refractivity contribution is 0.0574.